The first-order chi connectivity index (χ1) is 7.77. The van der Waals surface area contributed by atoms with Crippen molar-refractivity contribution in [3.05, 3.63) is 28.8 Å². The summed E-state index contributed by atoms with van der Waals surface area (Å²) in [5, 5.41) is 0.505. The number of nitrogens with zero attached hydrogens (tertiary/aromatic N) is 1. The molecule has 0 amide bonds. The molecule has 1 aromatic carbocycles. The lowest BCUT2D eigenvalue weighted by Crippen LogP contribution is -2.39. The summed E-state index contributed by atoms with van der Waals surface area (Å²) in [4.78, 5) is 12.9. The van der Waals surface area contributed by atoms with Gasteiger partial charge in [-0.05, 0) is 30.5 Å². The molecule has 0 aliphatic heterocycles. The summed E-state index contributed by atoms with van der Waals surface area (Å²) >= 11 is 6.03. The zero-order valence-electron chi connectivity index (χ0n) is 11.1. The summed E-state index contributed by atoms with van der Waals surface area (Å²) in [5.41, 5.74) is 1.75. The maximum absolute atomic E-state index is 10.7. The van der Waals surface area contributed by atoms with Crippen LogP contribution in [0.25, 0.3) is 0 Å². The Morgan fingerprint density at radius 3 is 2.35 bits per heavy atom. The zero-order valence-corrected chi connectivity index (χ0v) is 11.9. The van der Waals surface area contributed by atoms with Crippen LogP contribution in [-0.2, 0) is 0 Å². The predicted molar refractivity (Wildman–Crippen MR) is 74.2 cm³/mol. The average Bonchev–Trinajstić information content (AvgIpc) is 2.25. The molecule has 94 valence electrons. The number of hydrogen-bond acceptors (Lipinski definition) is 2. The Morgan fingerprint density at radius 2 is 1.94 bits per heavy atom. The highest BCUT2D eigenvalue weighted by atomic mass is 35.5. The number of hydrogen-bond donors (Lipinski definition) is 0. The van der Waals surface area contributed by atoms with E-state index in [9.17, 15) is 4.79 Å². The van der Waals surface area contributed by atoms with Crippen LogP contribution in [0.3, 0.4) is 0 Å². The van der Waals surface area contributed by atoms with Gasteiger partial charge in [-0.3, -0.25) is 4.79 Å². The summed E-state index contributed by atoms with van der Waals surface area (Å²) in [7, 11) is 2.04. The van der Waals surface area contributed by atoms with Gasteiger partial charge in [-0.2, -0.15) is 0 Å². The van der Waals surface area contributed by atoms with Crippen LogP contribution >= 0.6 is 11.6 Å². The van der Waals surface area contributed by atoms with Gasteiger partial charge in [0.15, 0.2) is 6.29 Å². The number of benzene rings is 1. The number of anilines is 1. The standard InChI is InChI=1S/C14H20ClNO/c1-10(14(2,3)4)16(5)12-7-6-11(9-17)13(15)8-12/h6-10H,1-5H3. The summed E-state index contributed by atoms with van der Waals surface area (Å²) < 4.78 is 0. The van der Waals surface area contributed by atoms with E-state index in [0.29, 0.717) is 16.6 Å². The van der Waals surface area contributed by atoms with Crippen molar-refractivity contribution in [1.82, 2.24) is 0 Å². The summed E-state index contributed by atoms with van der Waals surface area (Å²) in [6.07, 6.45) is 0.777. The first-order valence-electron chi connectivity index (χ1n) is 5.75. The summed E-state index contributed by atoms with van der Waals surface area (Å²) in [6.45, 7) is 8.79. The van der Waals surface area contributed by atoms with Gasteiger partial charge >= 0.3 is 0 Å². The van der Waals surface area contributed by atoms with E-state index in [4.69, 9.17) is 11.6 Å². The van der Waals surface area contributed by atoms with Crippen LogP contribution in [0, 0.1) is 5.41 Å². The van der Waals surface area contributed by atoms with Gasteiger partial charge in [0.2, 0.25) is 0 Å². The summed E-state index contributed by atoms with van der Waals surface area (Å²) in [5.74, 6) is 0. The van der Waals surface area contributed by atoms with Gasteiger partial charge in [0.1, 0.15) is 0 Å². The molecule has 0 aromatic heterocycles. The first kappa shape index (κ1) is 14.0. The van der Waals surface area contributed by atoms with E-state index < -0.39 is 0 Å². The lowest BCUT2D eigenvalue weighted by Gasteiger charge is -2.37. The molecule has 0 saturated heterocycles. The van der Waals surface area contributed by atoms with E-state index in [1.807, 2.05) is 19.2 Å². The van der Waals surface area contributed by atoms with Crippen LogP contribution in [0.4, 0.5) is 5.69 Å². The Hall–Kier alpha value is -1.02. The Morgan fingerprint density at radius 1 is 1.35 bits per heavy atom. The fourth-order valence-electron chi connectivity index (χ4n) is 1.64. The SMILES string of the molecule is CC(N(C)c1ccc(C=O)c(Cl)c1)C(C)(C)C. The molecule has 0 heterocycles. The van der Waals surface area contributed by atoms with E-state index in [1.165, 1.54) is 0 Å². The number of rotatable bonds is 3. The number of carbonyl (C=O) groups excluding carboxylic acids is 1. The van der Waals surface area contributed by atoms with Gasteiger partial charge in [0, 0.05) is 24.3 Å². The normalized spacial score (nSPS) is 13.3. The third kappa shape index (κ3) is 3.22. The molecule has 3 heteroatoms. The molecule has 0 saturated carbocycles. The third-order valence-electron chi connectivity index (χ3n) is 3.35. The van der Waals surface area contributed by atoms with E-state index in [1.54, 1.807) is 6.07 Å². The quantitative estimate of drug-likeness (QED) is 0.759. The lowest BCUT2D eigenvalue weighted by molar-refractivity contribution is 0.112. The van der Waals surface area contributed by atoms with Crippen molar-refractivity contribution in [3.8, 4) is 0 Å². The Labute approximate surface area is 109 Å². The molecule has 0 N–H and O–H groups in total. The maximum atomic E-state index is 10.7. The van der Waals surface area contributed by atoms with E-state index >= 15 is 0 Å². The number of carbonyl (C=O) groups is 1. The largest absolute Gasteiger partial charge is 0.371 e. The van der Waals surface area contributed by atoms with E-state index in [-0.39, 0.29) is 5.41 Å². The molecule has 0 aliphatic rings. The fourth-order valence-corrected chi connectivity index (χ4v) is 1.85. The van der Waals surface area contributed by atoms with Crippen LogP contribution in [0.5, 0.6) is 0 Å². The molecule has 2 nitrogen and oxygen atoms in total. The van der Waals surface area contributed by atoms with E-state index in [2.05, 4.69) is 32.6 Å². The molecule has 1 rings (SSSR count). The van der Waals surface area contributed by atoms with Crippen molar-refractivity contribution in [2.45, 2.75) is 33.7 Å². The molecule has 0 aliphatic carbocycles. The van der Waals surface area contributed by atoms with Gasteiger partial charge in [-0.15, -0.1) is 0 Å². The number of aldehydes is 1. The van der Waals surface area contributed by atoms with Crippen molar-refractivity contribution in [2.24, 2.45) is 5.41 Å². The zero-order chi connectivity index (χ0) is 13.2. The van der Waals surface area contributed by atoms with Crippen molar-refractivity contribution >= 4 is 23.6 Å². The van der Waals surface area contributed by atoms with Crippen LogP contribution in [-0.4, -0.2) is 19.4 Å². The smallest absolute Gasteiger partial charge is 0.151 e. The highest BCUT2D eigenvalue weighted by Gasteiger charge is 2.24. The molecule has 0 bridgehead atoms. The molecule has 0 fully saturated rings. The third-order valence-corrected chi connectivity index (χ3v) is 3.68. The average molecular weight is 254 g/mol. The van der Waals surface area contributed by atoms with Crippen molar-refractivity contribution in [3.63, 3.8) is 0 Å². The Kier molecular flexibility index (Phi) is 4.21. The van der Waals surface area contributed by atoms with Crippen LogP contribution in [0.2, 0.25) is 5.02 Å². The predicted octanol–water partition coefficient (Wildman–Crippen LogP) is 4.02. The second-order valence-electron chi connectivity index (χ2n) is 5.48. The first-order valence-corrected chi connectivity index (χ1v) is 6.12. The topological polar surface area (TPSA) is 20.3 Å². The Balaban J connectivity index is 3.01. The van der Waals surface area contributed by atoms with Crippen LogP contribution in [0.15, 0.2) is 18.2 Å². The van der Waals surface area contributed by atoms with Crippen LogP contribution < -0.4 is 4.90 Å². The molecular weight excluding hydrogens is 234 g/mol. The van der Waals surface area contributed by atoms with Gasteiger partial charge < -0.3 is 4.90 Å². The summed E-state index contributed by atoms with van der Waals surface area (Å²) in [6, 6.07) is 5.91. The minimum atomic E-state index is 0.185. The molecule has 1 unspecified atom stereocenters. The molecule has 1 aromatic rings. The van der Waals surface area contributed by atoms with Crippen molar-refractivity contribution in [2.75, 3.05) is 11.9 Å². The van der Waals surface area contributed by atoms with Gasteiger partial charge in [0.05, 0.1) is 5.02 Å². The molecule has 1 atom stereocenters. The molecule has 0 spiro atoms. The second-order valence-corrected chi connectivity index (χ2v) is 5.88. The molecular formula is C14H20ClNO. The fraction of sp³-hybridized carbons (Fsp3) is 0.500. The van der Waals surface area contributed by atoms with Crippen LogP contribution in [0.1, 0.15) is 38.1 Å². The highest BCUT2D eigenvalue weighted by molar-refractivity contribution is 6.33. The minimum absolute atomic E-state index is 0.185. The van der Waals surface area contributed by atoms with Gasteiger partial charge in [-0.25, -0.2) is 0 Å². The van der Waals surface area contributed by atoms with Crippen molar-refractivity contribution < 1.29 is 4.79 Å². The van der Waals surface area contributed by atoms with Gasteiger partial charge in [-0.1, -0.05) is 32.4 Å². The minimum Gasteiger partial charge on any atom is -0.371 e. The van der Waals surface area contributed by atoms with Gasteiger partial charge in [0.25, 0.3) is 0 Å². The maximum Gasteiger partial charge on any atom is 0.151 e. The Bertz CT molecular complexity index is 409. The van der Waals surface area contributed by atoms with Crippen molar-refractivity contribution in [1.29, 1.82) is 0 Å². The highest BCUT2D eigenvalue weighted by Crippen LogP contribution is 2.29. The monoisotopic (exact) mass is 253 g/mol. The molecule has 17 heavy (non-hydrogen) atoms. The van der Waals surface area contributed by atoms with E-state index in [0.717, 1.165) is 12.0 Å². The number of halogens is 1. The molecule has 0 radical (unpaired) electrons. The second kappa shape index (κ2) is 5.09. The lowest BCUT2D eigenvalue weighted by atomic mass is 9.87.